The summed E-state index contributed by atoms with van der Waals surface area (Å²) in [7, 11) is 0. The molecule has 3 aromatic rings. The molecule has 1 amide bonds. The number of hydrogen-bond donors (Lipinski definition) is 0. The van der Waals surface area contributed by atoms with E-state index in [9.17, 15) is 4.79 Å². The van der Waals surface area contributed by atoms with Gasteiger partial charge in [0, 0.05) is 26.2 Å². The Bertz CT molecular complexity index is 892. The summed E-state index contributed by atoms with van der Waals surface area (Å²) in [6.45, 7) is 6.85. The summed E-state index contributed by atoms with van der Waals surface area (Å²) >= 11 is 2.69. The Morgan fingerprint density at radius 2 is 2.07 bits per heavy atom. The van der Waals surface area contributed by atoms with Gasteiger partial charge in [0.05, 0.1) is 29.1 Å². The predicted molar refractivity (Wildman–Crippen MR) is 115 cm³/mol. The van der Waals surface area contributed by atoms with Gasteiger partial charge < -0.3 is 4.74 Å². The van der Waals surface area contributed by atoms with Gasteiger partial charge in [-0.15, -0.1) is 17.5 Å². The van der Waals surface area contributed by atoms with Crippen LogP contribution in [-0.4, -0.2) is 64.8 Å². The van der Waals surface area contributed by atoms with Crippen LogP contribution in [0.3, 0.4) is 0 Å². The maximum absolute atomic E-state index is 13.2. The van der Waals surface area contributed by atoms with Crippen molar-refractivity contribution in [1.82, 2.24) is 19.5 Å². The molecule has 0 radical (unpaired) electrons. The van der Waals surface area contributed by atoms with Gasteiger partial charge in [-0.25, -0.2) is 4.98 Å². The Labute approximate surface area is 177 Å². The van der Waals surface area contributed by atoms with E-state index in [0.29, 0.717) is 17.1 Å². The van der Waals surface area contributed by atoms with E-state index >= 15 is 0 Å². The number of rotatable bonds is 6. The molecular weight excluding hydrogens is 418 g/mol. The highest BCUT2D eigenvalue weighted by Crippen LogP contribution is 2.30. The van der Waals surface area contributed by atoms with Crippen LogP contribution >= 0.6 is 35.3 Å². The molecule has 7 nitrogen and oxygen atoms in total. The average Bonchev–Trinajstić information content (AvgIpc) is 3.31. The Hall–Kier alpha value is -1.65. The summed E-state index contributed by atoms with van der Waals surface area (Å²) in [5, 5.41) is 4.72. The molecule has 4 rings (SSSR count). The largest absolute Gasteiger partial charge is 0.379 e. The minimum atomic E-state index is -0.0662. The minimum absolute atomic E-state index is 0. The summed E-state index contributed by atoms with van der Waals surface area (Å²) in [5.41, 5.74) is 1.59. The summed E-state index contributed by atoms with van der Waals surface area (Å²) in [4.78, 5) is 22.6. The molecule has 0 atom stereocenters. The Balaban J connectivity index is 0.00000225. The third-order valence-corrected chi connectivity index (χ3v) is 6.44. The molecule has 1 aromatic carbocycles. The average molecular weight is 440 g/mol. The summed E-state index contributed by atoms with van der Waals surface area (Å²) in [6.07, 6.45) is 0.882. The van der Waals surface area contributed by atoms with E-state index < -0.39 is 0 Å². The van der Waals surface area contributed by atoms with Crippen molar-refractivity contribution in [3.8, 4) is 0 Å². The highest BCUT2D eigenvalue weighted by Gasteiger charge is 2.25. The third-order valence-electron chi connectivity index (χ3n) is 4.56. The molecule has 0 spiro atoms. The van der Waals surface area contributed by atoms with Crippen molar-refractivity contribution in [2.24, 2.45) is 0 Å². The van der Waals surface area contributed by atoms with Gasteiger partial charge in [-0.1, -0.05) is 28.0 Å². The predicted octanol–water partition coefficient (Wildman–Crippen LogP) is 3.25. The number of thiazole rings is 1. The number of amides is 1. The van der Waals surface area contributed by atoms with Gasteiger partial charge >= 0.3 is 0 Å². The first-order valence-electron chi connectivity index (χ1n) is 8.99. The number of para-hydroxylation sites is 1. The topological polar surface area (TPSA) is 71.5 Å². The molecule has 3 heterocycles. The smallest absolute Gasteiger partial charge is 0.273 e. The number of nitrogens with zero attached hydrogens (tertiary/aromatic N) is 5. The van der Waals surface area contributed by atoms with Crippen molar-refractivity contribution < 1.29 is 9.53 Å². The molecule has 0 bridgehead atoms. The summed E-state index contributed by atoms with van der Waals surface area (Å²) in [5.74, 6) is -0.0662. The lowest BCUT2D eigenvalue weighted by molar-refractivity contribution is 0.0376. The molecule has 1 fully saturated rings. The van der Waals surface area contributed by atoms with E-state index in [1.165, 1.54) is 0 Å². The number of anilines is 1. The molecule has 1 saturated heterocycles. The van der Waals surface area contributed by atoms with Crippen LogP contribution in [0.15, 0.2) is 24.3 Å². The molecule has 0 unspecified atom stereocenters. The van der Waals surface area contributed by atoms with Crippen LogP contribution in [0.4, 0.5) is 5.13 Å². The molecule has 2 aromatic heterocycles. The van der Waals surface area contributed by atoms with Crippen LogP contribution in [0.5, 0.6) is 0 Å². The Morgan fingerprint density at radius 1 is 1.29 bits per heavy atom. The highest BCUT2D eigenvalue weighted by molar-refractivity contribution is 7.22. The number of morpholine rings is 1. The van der Waals surface area contributed by atoms with Gasteiger partial charge in [0.15, 0.2) is 5.13 Å². The second-order valence-corrected chi connectivity index (χ2v) is 8.18. The number of benzene rings is 1. The first-order chi connectivity index (χ1) is 13.2. The quantitative estimate of drug-likeness (QED) is 0.587. The molecule has 0 saturated carbocycles. The van der Waals surface area contributed by atoms with E-state index in [4.69, 9.17) is 9.72 Å². The van der Waals surface area contributed by atoms with E-state index in [-0.39, 0.29) is 18.3 Å². The molecule has 10 heteroatoms. The maximum atomic E-state index is 13.2. The van der Waals surface area contributed by atoms with Crippen LogP contribution in [0, 0.1) is 6.92 Å². The summed E-state index contributed by atoms with van der Waals surface area (Å²) in [6, 6.07) is 7.97. The molecule has 150 valence electrons. The van der Waals surface area contributed by atoms with Crippen LogP contribution in [-0.2, 0) is 4.74 Å². The van der Waals surface area contributed by atoms with Gasteiger partial charge in [-0.05, 0) is 37.0 Å². The monoisotopic (exact) mass is 439 g/mol. The molecule has 0 aliphatic carbocycles. The van der Waals surface area contributed by atoms with Gasteiger partial charge in [-0.2, -0.15) is 0 Å². The van der Waals surface area contributed by atoms with E-state index in [0.717, 1.165) is 66.1 Å². The van der Waals surface area contributed by atoms with Crippen molar-refractivity contribution in [3.63, 3.8) is 0 Å². The number of carbonyl (C=O) groups is 1. The fourth-order valence-electron chi connectivity index (χ4n) is 3.09. The second kappa shape index (κ2) is 9.71. The van der Waals surface area contributed by atoms with Gasteiger partial charge in [0.1, 0.15) is 4.88 Å². The van der Waals surface area contributed by atoms with Crippen molar-refractivity contribution in [1.29, 1.82) is 0 Å². The van der Waals surface area contributed by atoms with Crippen molar-refractivity contribution >= 4 is 56.5 Å². The Morgan fingerprint density at radius 3 is 2.79 bits per heavy atom. The normalized spacial score (nSPS) is 14.8. The first-order valence-corrected chi connectivity index (χ1v) is 10.6. The van der Waals surface area contributed by atoms with E-state index in [1.807, 2.05) is 31.2 Å². The molecular formula is C18H22ClN5O2S2. The minimum Gasteiger partial charge on any atom is -0.379 e. The van der Waals surface area contributed by atoms with E-state index in [2.05, 4.69) is 14.5 Å². The lowest BCUT2D eigenvalue weighted by atomic mass is 10.3. The van der Waals surface area contributed by atoms with Crippen LogP contribution in [0.25, 0.3) is 10.2 Å². The van der Waals surface area contributed by atoms with Gasteiger partial charge in [0.25, 0.3) is 5.91 Å². The van der Waals surface area contributed by atoms with Crippen LogP contribution < -0.4 is 4.90 Å². The van der Waals surface area contributed by atoms with Crippen LogP contribution in [0.2, 0.25) is 0 Å². The lowest BCUT2D eigenvalue weighted by Crippen LogP contribution is -2.39. The number of hydrogen-bond acceptors (Lipinski definition) is 8. The number of ether oxygens (including phenoxy) is 1. The zero-order valence-corrected chi connectivity index (χ0v) is 18.0. The van der Waals surface area contributed by atoms with Crippen LogP contribution in [0.1, 0.15) is 21.8 Å². The zero-order valence-electron chi connectivity index (χ0n) is 15.5. The number of aryl methyl sites for hydroxylation is 1. The number of halogens is 1. The maximum Gasteiger partial charge on any atom is 0.273 e. The van der Waals surface area contributed by atoms with Gasteiger partial charge in [0.2, 0.25) is 0 Å². The van der Waals surface area contributed by atoms with Crippen molar-refractivity contribution in [3.05, 3.63) is 34.8 Å². The fourth-order valence-corrected chi connectivity index (χ4v) is 4.68. The standard InChI is InChI=1S/C18H21N5O2S2.ClH/c1-13-16(27-21-20-13)17(24)23(8-4-7-22-9-11-25-12-10-22)18-19-14-5-2-3-6-15(14)26-18;/h2-3,5-6H,4,7-12H2,1H3;1H. The molecule has 28 heavy (non-hydrogen) atoms. The lowest BCUT2D eigenvalue weighted by Gasteiger charge is -2.27. The number of fused-ring (bicyclic) bond motifs is 1. The number of aromatic nitrogens is 3. The Kier molecular flexibility index (Phi) is 7.30. The number of carbonyl (C=O) groups excluding carboxylic acids is 1. The second-order valence-electron chi connectivity index (χ2n) is 6.42. The third kappa shape index (κ3) is 4.66. The molecule has 0 N–H and O–H groups in total. The summed E-state index contributed by atoms with van der Waals surface area (Å²) < 4.78 is 10.4. The fraction of sp³-hybridized carbons (Fsp3) is 0.444. The van der Waals surface area contributed by atoms with Crippen molar-refractivity contribution in [2.75, 3.05) is 44.3 Å². The molecule has 1 aliphatic heterocycles. The van der Waals surface area contributed by atoms with Crippen molar-refractivity contribution in [2.45, 2.75) is 13.3 Å². The zero-order chi connectivity index (χ0) is 18.6. The van der Waals surface area contributed by atoms with E-state index in [1.54, 1.807) is 16.2 Å². The highest BCUT2D eigenvalue weighted by atomic mass is 35.5. The first kappa shape index (κ1) is 21.1. The SMILES string of the molecule is Cc1nnsc1C(=O)N(CCCN1CCOCC1)c1nc2ccccc2s1.Cl. The molecule has 1 aliphatic rings. The van der Waals surface area contributed by atoms with Gasteiger partial charge in [-0.3, -0.25) is 14.6 Å².